The highest BCUT2D eigenvalue weighted by Gasteiger charge is 2.16. The van der Waals surface area contributed by atoms with E-state index in [1.54, 1.807) is 23.9 Å². The molecule has 0 spiro atoms. The van der Waals surface area contributed by atoms with Gasteiger partial charge >= 0.3 is 0 Å². The molecule has 2 heterocycles. The Balaban J connectivity index is 1.40. The second-order valence-electron chi connectivity index (χ2n) is 7.28. The molecule has 4 rings (SSSR count). The van der Waals surface area contributed by atoms with Gasteiger partial charge in [0.25, 0.3) is 11.5 Å². The van der Waals surface area contributed by atoms with Gasteiger partial charge in [0.05, 0.1) is 24.5 Å². The van der Waals surface area contributed by atoms with Gasteiger partial charge in [-0.2, -0.15) is 10.2 Å². The third-order valence-electron chi connectivity index (χ3n) is 5.21. The molecule has 0 saturated heterocycles. The Morgan fingerprint density at radius 3 is 2.73 bits per heavy atom. The summed E-state index contributed by atoms with van der Waals surface area (Å²) in [6.07, 6.45) is 2.87. The number of fused-ring (bicyclic) bond motifs is 1. The van der Waals surface area contributed by atoms with E-state index in [1.165, 1.54) is 4.68 Å². The van der Waals surface area contributed by atoms with Crippen LogP contribution in [0.1, 0.15) is 35.1 Å². The van der Waals surface area contributed by atoms with Gasteiger partial charge in [0.1, 0.15) is 11.4 Å². The molecule has 156 valence electrons. The minimum atomic E-state index is -0.239. The molecule has 1 aliphatic carbocycles. The Morgan fingerprint density at radius 1 is 1.17 bits per heavy atom. The molecule has 0 radical (unpaired) electrons. The van der Waals surface area contributed by atoms with Crippen LogP contribution in [0.15, 0.2) is 41.2 Å². The zero-order valence-electron chi connectivity index (χ0n) is 17.2. The van der Waals surface area contributed by atoms with Crippen molar-refractivity contribution in [2.45, 2.75) is 32.7 Å². The maximum atomic E-state index is 12.6. The number of aromatic nitrogens is 4. The third kappa shape index (κ3) is 4.12. The van der Waals surface area contributed by atoms with Crippen LogP contribution in [0.25, 0.3) is 11.3 Å². The Bertz CT molecular complexity index is 1110. The molecule has 0 unspecified atom stereocenters. The largest absolute Gasteiger partial charge is 0.494 e. The third-order valence-corrected chi connectivity index (χ3v) is 5.21. The number of amides is 1. The summed E-state index contributed by atoms with van der Waals surface area (Å²) in [6.45, 7) is 3.20. The van der Waals surface area contributed by atoms with E-state index in [9.17, 15) is 9.59 Å². The van der Waals surface area contributed by atoms with Crippen LogP contribution in [0.4, 0.5) is 0 Å². The number of ether oxygens (including phenoxy) is 1. The Labute approximate surface area is 174 Å². The minimum absolute atomic E-state index is 0.122. The number of carbonyl (C=O) groups excluding carboxylic acids is 1. The number of carbonyl (C=O) groups is 1. The van der Waals surface area contributed by atoms with E-state index in [4.69, 9.17) is 4.74 Å². The van der Waals surface area contributed by atoms with Crippen LogP contribution < -0.4 is 15.6 Å². The molecular formula is C22H25N5O3. The smallest absolute Gasteiger partial charge is 0.269 e. The maximum absolute atomic E-state index is 12.6. The van der Waals surface area contributed by atoms with Gasteiger partial charge in [-0.15, -0.1) is 0 Å². The second kappa shape index (κ2) is 8.52. The lowest BCUT2D eigenvalue weighted by atomic mass is 10.1. The molecule has 8 nitrogen and oxygen atoms in total. The van der Waals surface area contributed by atoms with Crippen molar-refractivity contribution in [3.8, 4) is 17.0 Å². The molecule has 8 heteroatoms. The number of aryl methyl sites for hydroxylation is 3. The summed E-state index contributed by atoms with van der Waals surface area (Å²) >= 11 is 0. The van der Waals surface area contributed by atoms with Crippen molar-refractivity contribution < 1.29 is 9.53 Å². The molecule has 1 aromatic carbocycles. The maximum Gasteiger partial charge on any atom is 0.269 e. The van der Waals surface area contributed by atoms with Gasteiger partial charge in [-0.05, 0) is 62.1 Å². The second-order valence-corrected chi connectivity index (χ2v) is 7.28. The van der Waals surface area contributed by atoms with E-state index in [0.717, 1.165) is 41.8 Å². The van der Waals surface area contributed by atoms with E-state index < -0.39 is 0 Å². The summed E-state index contributed by atoms with van der Waals surface area (Å²) in [4.78, 5) is 24.8. The molecule has 0 aliphatic heterocycles. The fourth-order valence-corrected chi connectivity index (χ4v) is 3.67. The first kappa shape index (κ1) is 19.9. The number of benzene rings is 1. The average molecular weight is 407 g/mol. The van der Waals surface area contributed by atoms with Gasteiger partial charge in [-0.3, -0.25) is 14.3 Å². The first-order chi connectivity index (χ1) is 14.5. The lowest BCUT2D eigenvalue weighted by molar-refractivity contribution is 0.0942. The predicted octanol–water partition coefficient (Wildman–Crippen LogP) is 1.96. The first-order valence-corrected chi connectivity index (χ1v) is 10.2. The summed E-state index contributed by atoms with van der Waals surface area (Å²) in [6, 6.07) is 11.0. The summed E-state index contributed by atoms with van der Waals surface area (Å²) in [5.74, 6) is 0.557. The zero-order valence-corrected chi connectivity index (χ0v) is 17.2. The molecule has 3 aromatic rings. The lowest BCUT2D eigenvalue weighted by Gasteiger charge is -2.08. The SMILES string of the molecule is CCOc1ccc(-c2cc(C(=O)NCCn3nc4c(cc3=O)CCC4)n(C)n2)cc1. The van der Waals surface area contributed by atoms with Crippen LogP contribution in [0, 0.1) is 0 Å². The number of nitrogens with zero attached hydrogens (tertiary/aromatic N) is 4. The average Bonchev–Trinajstić information content (AvgIpc) is 3.35. The predicted molar refractivity (Wildman–Crippen MR) is 113 cm³/mol. The van der Waals surface area contributed by atoms with Crippen molar-refractivity contribution in [2.75, 3.05) is 13.2 Å². The Hall–Kier alpha value is -3.42. The van der Waals surface area contributed by atoms with Crippen LogP contribution in [-0.2, 0) is 26.4 Å². The zero-order chi connectivity index (χ0) is 21.1. The summed E-state index contributed by atoms with van der Waals surface area (Å²) < 4.78 is 8.44. The van der Waals surface area contributed by atoms with Crippen molar-refractivity contribution in [3.63, 3.8) is 0 Å². The van der Waals surface area contributed by atoms with Crippen LogP contribution >= 0.6 is 0 Å². The number of hydrogen-bond acceptors (Lipinski definition) is 5. The van der Waals surface area contributed by atoms with E-state index in [1.807, 2.05) is 31.2 Å². The molecule has 0 saturated carbocycles. The normalized spacial score (nSPS) is 12.6. The van der Waals surface area contributed by atoms with E-state index in [2.05, 4.69) is 15.5 Å². The standard InChI is InChI=1S/C22H25N5O3/c1-3-30-17-9-7-15(8-10-17)19-14-20(26(2)24-19)22(29)23-11-12-27-21(28)13-16-5-4-6-18(16)25-27/h7-10,13-14H,3-6,11-12H2,1-2H3,(H,23,29). The van der Waals surface area contributed by atoms with Crippen LogP contribution in [0.3, 0.4) is 0 Å². The topological polar surface area (TPSA) is 91.0 Å². The molecule has 2 aromatic heterocycles. The monoisotopic (exact) mass is 407 g/mol. The van der Waals surface area contributed by atoms with Gasteiger partial charge in [-0.25, -0.2) is 4.68 Å². The minimum Gasteiger partial charge on any atom is -0.494 e. The first-order valence-electron chi connectivity index (χ1n) is 10.2. The van der Waals surface area contributed by atoms with E-state index >= 15 is 0 Å². The molecular weight excluding hydrogens is 382 g/mol. The quantitative estimate of drug-likeness (QED) is 0.647. The number of hydrogen-bond donors (Lipinski definition) is 1. The molecule has 1 amide bonds. The van der Waals surface area contributed by atoms with E-state index in [0.29, 0.717) is 31.1 Å². The molecule has 1 aliphatic rings. The summed E-state index contributed by atoms with van der Waals surface area (Å²) in [5, 5.41) is 11.7. The highest BCUT2D eigenvalue weighted by atomic mass is 16.5. The van der Waals surface area contributed by atoms with Crippen molar-refractivity contribution in [2.24, 2.45) is 7.05 Å². The lowest BCUT2D eigenvalue weighted by Crippen LogP contribution is -2.33. The fraction of sp³-hybridized carbons (Fsp3) is 0.364. The summed E-state index contributed by atoms with van der Waals surface area (Å²) in [7, 11) is 1.74. The van der Waals surface area contributed by atoms with Gasteiger partial charge in [0.15, 0.2) is 0 Å². The Kier molecular flexibility index (Phi) is 5.65. The van der Waals surface area contributed by atoms with Crippen molar-refractivity contribution in [1.29, 1.82) is 0 Å². The molecule has 0 bridgehead atoms. The van der Waals surface area contributed by atoms with Crippen LogP contribution in [-0.4, -0.2) is 38.6 Å². The number of nitrogens with one attached hydrogen (secondary N) is 1. The van der Waals surface area contributed by atoms with Crippen molar-refractivity contribution in [3.05, 3.63) is 63.7 Å². The fourth-order valence-electron chi connectivity index (χ4n) is 3.67. The van der Waals surface area contributed by atoms with Gasteiger partial charge in [0, 0.05) is 25.2 Å². The summed E-state index contributed by atoms with van der Waals surface area (Å²) in [5.41, 5.74) is 3.99. The highest BCUT2D eigenvalue weighted by molar-refractivity contribution is 5.93. The molecule has 0 fully saturated rings. The molecule has 0 atom stereocenters. The van der Waals surface area contributed by atoms with E-state index in [-0.39, 0.29) is 11.5 Å². The van der Waals surface area contributed by atoms with Crippen LogP contribution in [0.5, 0.6) is 5.75 Å². The molecule has 30 heavy (non-hydrogen) atoms. The number of rotatable bonds is 7. The van der Waals surface area contributed by atoms with Crippen molar-refractivity contribution in [1.82, 2.24) is 24.9 Å². The molecule has 1 N–H and O–H groups in total. The highest BCUT2D eigenvalue weighted by Crippen LogP contribution is 2.22. The van der Waals surface area contributed by atoms with Gasteiger partial charge in [-0.1, -0.05) is 0 Å². The Morgan fingerprint density at radius 2 is 1.97 bits per heavy atom. The van der Waals surface area contributed by atoms with Gasteiger partial charge in [0.2, 0.25) is 0 Å². The van der Waals surface area contributed by atoms with Crippen molar-refractivity contribution >= 4 is 5.91 Å². The van der Waals surface area contributed by atoms with Crippen LogP contribution in [0.2, 0.25) is 0 Å². The van der Waals surface area contributed by atoms with Gasteiger partial charge < -0.3 is 10.1 Å².